The fourth-order valence-electron chi connectivity index (χ4n) is 1.94. The molecule has 0 saturated heterocycles. The summed E-state index contributed by atoms with van der Waals surface area (Å²) >= 11 is 12.0. The van der Waals surface area contributed by atoms with Crippen molar-refractivity contribution in [1.82, 2.24) is 0 Å². The molecule has 0 spiro atoms. The third kappa shape index (κ3) is 2.59. The van der Waals surface area contributed by atoms with Crippen molar-refractivity contribution < 1.29 is 0 Å². The summed E-state index contributed by atoms with van der Waals surface area (Å²) in [6.45, 7) is 6.33. The molecule has 1 unspecified atom stereocenters. The van der Waals surface area contributed by atoms with E-state index in [1.807, 2.05) is 24.3 Å². The van der Waals surface area contributed by atoms with Gasteiger partial charge in [0.25, 0.3) is 0 Å². The normalized spacial score (nSPS) is 12.8. The molecule has 1 heterocycles. The molecule has 0 aliphatic carbocycles. The van der Waals surface area contributed by atoms with Gasteiger partial charge in [0.05, 0.1) is 4.83 Å². The molecule has 1 atom stereocenters. The SMILES string of the molecule is Cc1cc(C(Br)c2cccc(C)c2Cl)c(C)s1. The zero-order valence-corrected chi connectivity index (χ0v) is 13.2. The Morgan fingerprint density at radius 2 is 1.88 bits per heavy atom. The van der Waals surface area contributed by atoms with E-state index in [-0.39, 0.29) is 4.83 Å². The van der Waals surface area contributed by atoms with Crippen LogP contribution in [0.2, 0.25) is 5.02 Å². The maximum atomic E-state index is 6.37. The van der Waals surface area contributed by atoms with Crippen LogP contribution in [0.5, 0.6) is 0 Å². The lowest BCUT2D eigenvalue weighted by molar-refractivity contribution is 1.16. The summed E-state index contributed by atoms with van der Waals surface area (Å²) < 4.78 is 0. The summed E-state index contributed by atoms with van der Waals surface area (Å²) in [7, 11) is 0. The number of thiophene rings is 1. The van der Waals surface area contributed by atoms with Crippen molar-refractivity contribution in [1.29, 1.82) is 0 Å². The molecule has 2 rings (SSSR count). The zero-order valence-electron chi connectivity index (χ0n) is 10.1. The van der Waals surface area contributed by atoms with Gasteiger partial charge in [0.15, 0.2) is 0 Å². The summed E-state index contributed by atoms with van der Waals surface area (Å²) in [5.74, 6) is 0. The van der Waals surface area contributed by atoms with Crippen LogP contribution in [0.15, 0.2) is 24.3 Å². The third-order valence-electron chi connectivity index (χ3n) is 2.85. The summed E-state index contributed by atoms with van der Waals surface area (Å²) in [5, 5.41) is 0.859. The first-order valence-corrected chi connectivity index (χ1v) is 7.57. The Hall–Kier alpha value is -0.310. The van der Waals surface area contributed by atoms with E-state index in [1.165, 1.54) is 15.3 Å². The Morgan fingerprint density at radius 3 is 2.47 bits per heavy atom. The molecular weight excluding hydrogens is 316 g/mol. The Morgan fingerprint density at radius 1 is 1.18 bits per heavy atom. The lowest BCUT2D eigenvalue weighted by Gasteiger charge is -2.13. The summed E-state index contributed by atoms with van der Waals surface area (Å²) in [4.78, 5) is 2.87. The van der Waals surface area contributed by atoms with E-state index < -0.39 is 0 Å². The maximum Gasteiger partial charge on any atom is 0.0670 e. The molecule has 2 aromatic rings. The Balaban J connectivity index is 2.47. The van der Waals surface area contributed by atoms with Gasteiger partial charge in [-0.25, -0.2) is 0 Å². The highest BCUT2D eigenvalue weighted by molar-refractivity contribution is 9.09. The highest BCUT2D eigenvalue weighted by Crippen LogP contribution is 2.40. The fourth-order valence-corrected chi connectivity index (χ4v) is 4.27. The van der Waals surface area contributed by atoms with Crippen LogP contribution in [-0.2, 0) is 0 Å². The first-order valence-electron chi connectivity index (χ1n) is 5.46. The Kier molecular flexibility index (Phi) is 3.96. The fraction of sp³-hybridized carbons (Fsp3) is 0.286. The Labute approximate surface area is 120 Å². The highest BCUT2D eigenvalue weighted by atomic mass is 79.9. The van der Waals surface area contributed by atoms with Crippen LogP contribution in [0.4, 0.5) is 0 Å². The van der Waals surface area contributed by atoms with Crippen LogP contribution >= 0.6 is 38.9 Å². The third-order valence-corrected chi connectivity index (χ3v) is 5.33. The van der Waals surface area contributed by atoms with Gasteiger partial charge in [0.2, 0.25) is 0 Å². The second kappa shape index (κ2) is 5.13. The van der Waals surface area contributed by atoms with Gasteiger partial charge in [-0.15, -0.1) is 11.3 Å². The quantitative estimate of drug-likeness (QED) is 0.610. The largest absolute Gasteiger partial charge is 0.146 e. The molecule has 1 aromatic carbocycles. The first kappa shape index (κ1) is 13.1. The number of benzene rings is 1. The second-order valence-corrected chi connectivity index (χ2v) is 6.96. The molecule has 17 heavy (non-hydrogen) atoms. The summed E-state index contributed by atoms with van der Waals surface area (Å²) in [6, 6.07) is 8.41. The summed E-state index contributed by atoms with van der Waals surface area (Å²) in [5.41, 5.74) is 3.59. The van der Waals surface area contributed by atoms with Crippen LogP contribution in [0, 0.1) is 20.8 Å². The number of hydrogen-bond donors (Lipinski definition) is 0. The number of hydrogen-bond acceptors (Lipinski definition) is 1. The van der Waals surface area contributed by atoms with Crippen molar-refractivity contribution in [3.05, 3.63) is 55.7 Å². The van der Waals surface area contributed by atoms with E-state index >= 15 is 0 Å². The van der Waals surface area contributed by atoms with Crippen molar-refractivity contribution in [3.63, 3.8) is 0 Å². The van der Waals surface area contributed by atoms with E-state index in [0.717, 1.165) is 16.1 Å². The van der Waals surface area contributed by atoms with E-state index in [9.17, 15) is 0 Å². The van der Waals surface area contributed by atoms with Crippen LogP contribution in [0.1, 0.15) is 31.3 Å². The zero-order chi connectivity index (χ0) is 12.6. The second-order valence-electron chi connectivity index (χ2n) is 4.21. The number of rotatable bonds is 2. The first-order chi connectivity index (χ1) is 8.00. The van der Waals surface area contributed by atoms with Crippen molar-refractivity contribution in [2.24, 2.45) is 0 Å². The molecule has 0 bridgehead atoms. The molecule has 0 saturated carbocycles. The van der Waals surface area contributed by atoms with Crippen LogP contribution in [0.25, 0.3) is 0 Å². The van der Waals surface area contributed by atoms with Gasteiger partial charge in [-0.05, 0) is 43.5 Å². The molecular formula is C14H14BrClS. The molecule has 0 radical (unpaired) electrons. The van der Waals surface area contributed by atoms with Crippen LogP contribution < -0.4 is 0 Å². The Bertz CT molecular complexity index is 545. The average molecular weight is 330 g/mol. The standard InChI is InChI=1S/C14H14BrClS/c1-8-5-4-6-11(14(8)16)13(15)12-7-9(2)17-10(12)3/h4-7,13H,1-3H3. The molecule has 1 aromatic heterocycles. The number of alkyl halides is 1. The topological polar surface area (TPSA) is 0 Å². The molecule has 0 aliphatic heterocycles. The smallest absolute Gasteiger partial charge is 0.0670 e. The molecule has 3 heteroatoms. The number of aryl methyl sites for hydroxylation is 3. The van der Waals surface area contributed by atoms with Gasteiger partial charge in [-0.3, -0.25) is 0 Å². The van der Waals surface area contributed by atoms with Gasteiger partial charge in [0, 0.05) is 14.8 Å². The lowest BCUT2D eigenvalue weighted by Crippen LogP contribution is -1.95. The summed E-state index contributed by atoms with van der Waals surface area (Å²) in [6.07, 6.45) is 0. The van der Waals surface area contributed by atoms with Crippen molar-refractivity contribution in [2.75, 3.05) is 0 Å². The van der Waals surface area contributed by atoms with Gasteiger partial charge in [-0.2, -0.15) is 0 Å². The minimum absolute atomic E-state index is 0.180. The maximum absolute atomic E-state index is 6.37. The van der Waals surface area contributed by atoms with E-state index in [0.29, 0.717) is 0 Å². The van der Waals surface area contributed by atoms with Crippen molar-refractivity contribution in [2.45, 2.75) is 25.6 Å². The molecule has 0 fully saturated rings. The molecule has 0 N–H and O–H groups in total. The minimum atomic E-state index is 0.180. The van der Waals surface area contributed by atoms with Gasteiger partial charge in [0.1, 0.15) is 0 Å². The predicted molar refractivity (Wildman–Crippen MR) is 80.8 cm³/mol. The van der Waals surface area contributed by atoms with Crippen LogP contribution in [-0.4, -0.2) is 0 Å². The van der Waals surface area contributed by atoms with Gasteiger partial charge in [-0.1, -0.05) is 45.7 Å². The van der Waals surface area contributed by atoms with E-state index in [2.05, 4.69) is 48.0 Å². The molecule has 90 valence electrons. The minimum Gasteiger partial charge on any atom is -0.146 e. The molecule has 0 nitrogen and oxygen atoms in total. The van der Waals surface area contributed by atoms with Gasteiger partial charge >= 0.3 is 0 Å². The monoisotopic (exact) mass is 328 g/mol. The van der Waals surface area contributed by atoms with E-state index in [4.69, 9.17) is 11.6 Å². The lowest BCUT2D eigenvalue weighted by atomic mass is 10.0. The van der Waals surface area contributed by atoms with Crippen molar-refractivity contribution >= 4 is 38.9 Å². The van der Waals surface area contributed by atoms with Crippen LogP contribution in [0.3, 0.4) is 0 Å². The molecule has 0 aliphatic rings. The molecule has 0 amide bonds. The number of halogens is 2. The predicted octanol–water partition coefficient (Wildman–Crippen LogP) is 5.81. The average Bonchev–Trinajstić information content (AvgIpc) is 2.61. The van der Waals surface area contributed by atoms with Gasteiger partial charge < -0.3 is 0 Å². The van der Waals surface area contributed by atoms with E-state index in [1.54, 1.807) is 0 Å². The highest BCUT2D eigenvalue weighted by Gasteiger charge is 2.18. The van der Waals surface area contributed by atoms with Crippen molar-refractivity contribution in [3.8, 4) is 0 Å².